The first-order valence-electron chi connectivity index (χ1n) is 9.14. The van der Waals surface area contributed by atoms with E-state index in [0.29, 0.717) is 11.0 Å². The molecule has 0 aliphatic carbocycles. The average Bonchev–Trinajstić information content (AvgIpc) is 2.69. The number of benzene rings is 1. The third-order valence-electron chi connectivity index (χ3n) is 4.27. The van der Waals surface area contributed by atoms with Crippen molar-refractivity contribution in [3.63, 3.8) is 0 Å². The molecule has 1 aliphatic rings. The molecule has 0 N–H and O–H groups in total. The fourth-order valence-corrected chi connectivity index (χ4v) is 3.10. The van der Waals surface area contributed by atoms with E-state index in [1.807, 2.05) is 0 Å². The van der Waals surface area contributed by atoms with Gasteiger partial charge in [0.2, 0.25) is 0 Å². The average molecular weight is 416 g/mol. The van der Waals surface area contributed by atoms with Crippen LogP contribution in [0.5, 0.6) is 5.75 Å². The SMILES string of the molecule is CC(=O)OC[C@@H](OC(C)=O)[C@@H](OC(C)=O)[C@@H]1C=Cc2c(c3ccccc3oc2=O)O1. The second-order valence-electron chi connectivity index (χ2n) is 6.59. The molecule has 1 aromatic heterocycles. The van der Waals surface area contributed by atoms with Gasteiger partial charge in [-0.25, -0.2) is 4.79 Å². The van der Waals surface area contributed by atoms with Gasteiger partial charge in [-0.15, -0.1) is 0 Å². The van der Waals surface area contributed by atoms with Crippen LogP contribution < -0.4 is 10.4 Å². The van der Waals surface area contributed by atoms with E-state index in [2.05, 4.69) is 0 Å². The van der Waals surface area contributed by atoms with Gasteiger partial charge in [-0.2, -0.15) is 0 Å². The van der Waals surface area contributed by atoms with E-state index in [4.69, 9.17) is 23.4 Å². The van der Waals surface area contributed by atoms with Crippen molar-refractivity contribution in [1.82, 2.24) is 0 Å². The van der Waals surface area contributed by atoms with Gasteiger partial charge in [0.1, 0.15) is 23.5 Å². The van der Waals surface area contributed by atoms with Crippen molar-refractivity contribution in [3.05, 3.63) is 46.3 Å². The Morgan fingerprint density at radius 1 is 1.03 bits per heavy atom. The Labute approximate surface area is 171 Å². The van der Waals surface area contributed by atoms with Gasteiger partial charge in [-0.1, -0.05) is 12.1 Å². The molecular formula is C21H20O9. The standard InChI is InChI=1S/C21H20O9/c1-11(22)26-10-18(27-12(2)23)20(28-13(3)24)17-9-8-15-19(29-17)14-6-4-5-7-16(14)30-21(15)25/h4-9,17-18,20H,10H2,1-3H3/t17-,18+,20-/m0/s1. The quantitative estimate of drug-likeness (QED) is 0.396. The van der Waals surface area contributed by atoms with Gasteiger partial charge in [-0.3, -0.25) is 14.4 Å². The molecule has 158 valence electrons. The predicted molar refractivity (Wildman–Crippen MR) is 104 cm³/mol. The second-order valence-corrected chi connectivity index (χ2v) is 6.59. The third-order valence-corrected chi connectivity index (χ3v) is 4.27. The third kappa shape index (κ3) is 4.68. The Morgan fingerprint density at radius 3 is 2.40 bits per heavy atom. The maximum absolute atomic E-state index is 12.3. The summed E-state index contributed by atoms with van der Waals surface area (Å²) in [5.41, 5.74) is -0.0507. The summed E-state index contributed by atoms with van der Waals surface area (Å²) >= 11 is 0. The predicted octanol–water partition coefficient (Wildman–Crippen LogP) is 1.99. The van der Waals surface area contributed by atoms with Crippen molar-refractivity contribution in [3.8, 4) is 5.75 Å². The lowest BCUT2D eigenvalue weighted by atomic mass is 10.0. The van der Waals surface area contributed by atoms with Crippen molar-refractivity contribution in [2.75, 3.05) is 6.61 Å². The second kappa shape index (κ2) is 8.81. The number of hydrogen-bond donors (Lipinski definition) is 0. The summed E-state index contributed by atoms with van der Waals surface area (Å²) in [5.74, 6) is -1.65. The first-order chi connectivity index (χ1) is 14.3. The van der Waals surface area contributed by atoms with Crippen molar-refractivity contribution >= 4 is 35.0 Å². The monoisotopic (exact) mass is 416 g/mol. The van der Waals surface area contributed by atoms with E-state index in [1.165, 1.54) is 32.9 Å². The Balaban J connectivity index is 2.00. The van der Waals surface area contributed by atoms with Crippen molar-refractivity contribution in [2.45, 2.75) is 39.1 Å². The number of fused-ring (bicyclic) bond motifs is 3. The van der Waals surface area contributed by atoms with Crippen LogP contribution in [0.1, 0.15) is 26.3 Å². The minimum absolute atomic E-state index is 0.204. The normalized spacial score (nSPS) is 16.7. The Kier molecular flexibility index (Phi) is 6.20. The summed E-state index contributed by atoms with van der Waals surface area (Å²) in [7, 11) is 0. The topological polar surface area (TPSA) is 118 Å². The van der Waals surface area contributed by atoms with Gasteiger partial charge < -0.3 is 23.4 Å². The van der Waals surface area contributed by atoms with Crippen molar-refractivity contribution in [2.24, 2.45) is 0 Å². The van der Waals surface area contributed by atoms with Crippen LogP contribution in [0.25, 0.3) is 17.0 Å². The molecule has 3 rings (SSSR count). The Morgan fingerprint density at radius 2 is 1.73 bits per heavy atom. The first kappa shape index (κ1) is 21.1. The van der Waals surface area contributed by atoms with E-state index in [0.717, 1.165) is 0 Å². The number of ether oxygens (including phenoxy) is 4. The van der Waals surface area contributed by atoms with Gasteiger partial charge in [0.15, 0.2) is 18.3 Å². The largest absolute Gasteiger partial charge is 0.481 e. The highest BCUT2D eigenvalue weighted by atomic mass is 16.6. The maximum Gasteiger partial charge on any atom is 0.347 e. The number of para-hydroxylation sites is 1. The Bertz CT molecular complexity index is 1070. The van der Waals surface area contributed by atoms with E-state index >= 15 is 0 Å². The molecule has 0 radical (unpaired) electrons. The highest BCUT2D eigenvalue weighted by molar-refractivity contribution is 5.87. The fourth-order valence-electron chi connectivity index (χ4n) is 3.10. The Hall–Kier alpha value is -3.62. The lowest BCUT2D eigenvalue weighted by Gasteiger charge is -2.32. The molecule has 0 bridgehead atoms. The summed E-state index contributed by atoms with van der Waals surface area (Å²) in [6.45, 7) is 3.22. The zero-order valence-electron chi connectivity index (χ0n) is 16.6. The molecule has 0 saturated carbocycles. The minimum atomic E-state index is -1.14. The molecule has 1 aromatic carbocycles. The molecule has 0 unspecified atom stereocenters. The number of carbonyl (C=O) groups excluding carboxylic acids is 3. The summed E-state index contributed by atoms with van der Waals surface area (Å²) in [5, 5.41) is 0.548. The number of carbonyl (C=O) groups is 3. The van der Waals surface area contributed by atoms with Crippen molar-refractivity contribution in [1.29, 1.82) is 0 Å². The van der Waals surface area contributed by atoms with Crippen LogP contribution in [-0.4, -0.2) is 42.8 Å². The molecule has 0 saturated heterocycles. The van der Waals surface area contributed by atoms with Crippen LogP contribution in [-0.2, 0) is 28.6 Å². The maximum atomic E-state index is 12.3. The lowest BCUT2D eigenvalue weighted by Crippen LogP contribution is -2.48. The highest BCUT2D eigenvalue weighted by Gasteiger charge is 2.38. The number of hydrogen-bond acceptors (Lipinski definition) is 9. The molecule has 0 amide bonds. The zero-order valence-corrected chi connectivity index (χ0v) is 16.6. The molecule has 0 spiro atoms. The molecule has 9 nitrogen and oxygen atoms in total. The molecule has 2 heterocycles. The lowest BCUT2D eigenvalue weighted by molar-refractivity contribution is -0.178. The smallest absolute Gasteiger partial charge is 0.347 e. The van der Waals surface area contributed by atoms with Gasteiger partial charge in [0.25, 0.3) is 0 Å². The summed E-state index contributed by atoms with van der Waals surface area (Å²) in [6, 6.07) is 6.81. The van der Waals surface area contributed by atoms with Crippen LogP contribution in [0.3, 0.4) is 0 Å². The van der Waals surface area contributed by atoms with Crippen LogP contribution in [0, 0.1) is 0 Å². The fraction of sp³-hybridized carbons (Fsp3) is 0.333. The summed E-state index contributed by atoms with van der Waals surface area (Å²) in [6.07, 6.45) is -0.202. The van der Waals surface area contributed by atoms with Gasteiger partial charge in [-0.05, 0) is 24.3 Å². The molecule has 30 heavy (non-hydrogen) atoms. The van der Waals surface area contributed by atoms with E-state index in [9.17, 15) is 19.2 Å². The van der Waals surface area contributed by atoms with Gasteiger partial charge >= 0.3 is 23.5 Å². The molecule has 2 aromatic rings. The first-order valence-corrected chi connectivity index (χ1v) is 9.14. The van der Waals surface area contributed by atoms with Crippen LogP contribution in [0.2, 0.25) is 0 Å². The van der Waals surface area contributed by atoms with Crippen LogP contribution in [0.15, 0.2) is 39.6 Å². The van der Waals surface area contributed by atoms with E-state index < -0.39 is 41.8 Å². The van der Waals surface area contributed by atoms with Crippen molar-refractivity contribution < 1.29 is 37.7 Å². The molecule has 0 fully saturated rings. The molecule has 9 heteroatoms. The minimum Gasteiger partial charge on any atom is -0.481 e. The van der Waals surface area contributed by atoms with Gasteiger partial charge in [0.05, 0.1) is 5.39 Å². The van der Waals surface area contributed by atoms with E-state index in [-0.39, 0.29) is 17.9 Å². The molecule has 1 aliphatic heterocycles. The molecular weight excluding hydrogens is 396 g/mol. The number of esters is 3. The van der Waals surface area contributed by atoms with Crippen LogP contribution >= 0.6 is 0 Å². The number of rotatable bonds is 6. The van der Waals surface area contributed by atoms with Crippen LogP contribution in [0.4, 0.5) is 0 Å². The molecule has 3 atom stereocenters. The zero-order chi connectivity index (χ0) is 21.8. The van der Waals surface area contributed by atoms with Gasteiger partial charge in [0, 0.05) is 20.8 Å². The van der Waals surface area contributed by atoms with E-state index in [1.54, 1.807) is 24.3 Å². The summed E-state index contributed by atoms with van der Waals surface area (Å²) in [4.78, 5) is 46.8. The highest BCUT2D eigenvalue weighted by Crippen LogP contribution is 2.33. The summed E-state index contributed by atoms with van der Waals surface area (Å²) < 4.78 is 26.8.